The summed E-state index contributed by atoms with van der Waals surface area (Å²) in [5, 5.41) is 9.60. The van der Waals surface area contributed by atoms with Crippen molar-refractivity contribution in [2.75, 3.05) is 4.90 Å². The van der Waals surface area contributed by atoms with Crippen LogP contribution in [0.1, 0.15) is 50.1 Å². The second-order valence-corrected chi connectivity index (χ2v) is 14.1. The molecule has 0 amide bonds. The Labute approximate surface area is 314 Å². The third-order valence-electron chi connectivity index (χ3n) is 11.5. The van der Waals surface area contributed by atoms with E-state index in [-0.39, 0.29) is 5.82 Å². The molecule has 0 atom stereocenters. The van der Waals surface area contributed by atoms with Gasteiger partial charge in [0, 0.05) is 17.1 Å². The molecule has 0 saturated carbocycles. The molecule has 0 fully saturated rings. The fraction of sp³-hybridized carbons (Fsp3) is 0.0392. The number of nitrogens with zero attached hydrogens (tertiary/aromatic N) is 2. The Hall–Kier alpha value is -7.02. The molecule has 0 heterocycles. The Morgan fingerprint density at radius 1 is 0.389 bits per heavy atom. The van der Waals surface area contributed by atoms with E-state index >= 15 is 0 Å². The van der Waals surface area contributed by atoms with Crippen molar-refractivity contribution in [1.29, 1.82) is 5.26 Å². The van der Waals surface area contributed by atoms with Crippen molar-refractivity contribution in [2.45, 2.75) is 10.8 Å². The Morgan fingerprint density at radius 2 is 0.815 bits per heavy atom. The van der Waals surface area contributed by atoms with Gasteiger partial charge in [-0.15, -0.1) is 0 Å². The van der Waals surface area contributed by atoms with Crippen LogP contribution in [0, 0.1) is 17.1 Å². The maximum absolute atomic E-state index is 14.4. The van der Waals surface area contributed by atoms with Gasteiger partial charge in [0.05, 0.1) is 22.5 Å². The molecule has 8 aromatic carbocycles. The number of halogens is 1. The van der Waals surface area contributed by atoms with Gasteiger partial charge in [0.2, 0.25) is 0 Å². The predicted octanol–water partition coefficient (Wildman–Crippen LogP) is 12.2. The molecular weight excluding hydrogens is 660 g/mol. The molecule has 0 aliphatic heterocycles. The molecule has 2 nitrogen and oxygen atoms in total. The number of anilines is 3. The molecule has 8 aromatic rings. The van der Waals surface area contributed by atoms with Gasteiger partial charge < -0.3 is 4.90 Å². The van der Waals surface area contributed by atoms with E-state index in [4.69, 9.17) is 0 Å². The summed E-state index contributed by atoms with van der Waals surface area (Å²) in [6.45, 7) is 0. The van der Waals surface area contributed by atoms with Crippen LogP contribution in [0.2, 0.25) is 0 Å². The number of fused-ring (bicyclic) bond motifs is 9. The molecule has 2 aliphatic rings. The highest BCUT2D eigenvalue weighted by Gasteiger charge is 2.56. The summed E-state index contributed by atoms with van der Waals surface area (Å²) in [4.78, 5) is 2.15. The average molecular weight is 693 g/mol. The summed E-state index contributed by atoms with van der Waals surface area (Å²) in [6, 6.07) is 72.0. The van der Waals surface area contributed by atoms with Crippen LogP contribution < -0.4 is 4.90 Å². The van der Waals surface area contributed by atoms with Crippen molar-refractivity contribution in [3.05, 3.63) is 256 Å². The third kappa shape index (κ3) is 4.38. The molecule has 0 aromatic heterocycles. The van der Waals surface area contributed by atoms with E-state index in [0.717, 1.165) is 17.1 Å². The van der Waals surface area contributed by atoms with Crippen LogP contribution in [0.5, 0.6) is 0 Å². The lowest BCUT2D eigenvalue weighted by Crippen LogP contribution is -2.44. The Kier molecular flexibility index (Phi) is 7.22. The first-order valence-electron chi connectivity index (χ1n) is 18.3. The lowest BCUT2D eigenvalue weighted by atomic mass is 9.51. The van der Waals surface area contributed by atoms with Crippen molar-refractivity contribution in [3.63, 3.8) is 0 Å². The quantitative estimate of drug-likeness (QED) is 0.180. The van der Waals surface area contributed by atoms with Crippen LogP contribution in [0.15, 0.2) is 200 Å². The lowest BCUT2D eigenvalue weighted by molar-refractivity contribution is 0.623. The molecular formula is C51H33FN2. The largest absolute Gasteiger partial charge is 0.310 e. The van der Waals surface area contributed by atoms with Gasteiger partial charge in [-0.2, -0.15) is 5.26 Å². The number of benzene rings is 8. The predicted molar refractivity (Wildman–Crippen MR) is 215 cm³/mol. The Balaban J connectivity index is 1.32. The van der Waals surface area contributed by atoms with E-state index in [9.17, 15) is 9.65 Å². The van der Waals surface area contributed by atoms with Gasteiger partial charge in [0.1, 0.15) is 5.82 Å². The summed E-state index contributed by atoms with van der Waals surface area (Å²) < 4.78 is 14.4. The van der Waals surface area contributed by atoms with Gasteiger partial charge in [-0.25, -0.2) is 4.39 Å². The van der Waals surface area contributed by atoms with E-state index < -0.39 is 10.8 Å². The van der Waals surface area contributed by atoms with Crippen LogP contribution in [0.4, 0.5) is 21.5 Å². The first kappa shape index (κ1) is 31.7. The lowest BCUT2D eigenvalue weighted by Gasteiger charge is -2.50. The topological polar surface area (TPSA) is 27.0 Å². The summed E-state index contributed by atoms with van der Waals surface area (Å²) in [5.41, 5.74) is 14.2. The zero-order valence-electron chi connectivity index (χ0n) is 29.3. The van der Waals surface area contributed by atoms with Crippen molar-refractivity contribution in [1.82, 2.24) is 0 Å². The van der Waals surface area contributed by atoms with Gasteiger partial charge >= 0.3 is 0 Å². The molecule has 0 unspecified atom stereocenters. The Bertz CT molecular complexity index is 2640. The van der Waals surface area contributed by atoms with E-state index in [0.29, 0.717) is 5.56 Å². The molecule has 0 bridgehead atoms. The molecule has 0 radical (unpaired) electrons. The highest BCUT2D eigenvalue weighted by molar-refractivity contribution is 5.92. The van der Waals surface area contributed by atoms with Crippen molar-refractivity contribution >= 4 is 17.1 Å². The maximum atomic E-state index is 14.4. The average Bonchev–Trinajstić information content (AvgIpc) is 3.53. The minimum absolute atomic E-state index is 0.294. The number of rotatable bonds is 5. The molecule has 10 rings (SSSR count). The maximum Gasteiger partial charge on any atom is 0.123 e. The second kappa shape index (κ2) is 12.3. The van der Waals surface area contributed by atoms with E-state index in [1.807, 2.05) is 36.4 Å². The number of hydrogen-bond donors (Lipinski definition) is 0. The molecule has 254 valence electrons. The van der Waals surface area contributed by atoms with Gasteiger partial charge in [0.25, 0.3) is 0 Å². The van der Waals surface area contributed by atoms with Gasteiger partial charge in [-0.05, 0) is 116 Å². The van der Waals surface area contributed by atoms with Crippen molar-refractivity contribution in [2.24, 2.45) is 0 Å². The molecule has 1 spiro atoms. The van der Waals surface area contributed by atoms with Crippen LogP contribution in [-0.2, 0) is 10.8 Å². The summed E-state index contributed by atoms with van der Waals surface area (Å²) in [6.07, 6.45) is 0. The first-order chi connectivity index (χ1) is 26.7. The molecule has 0 saturated heterocycles. The zero-order chi connectivity index (χ0) is 36.3. The normalized spacial score (nSPS) is 13.9. The fourth-order valence-electron chi connectivity index (χ4n) is 9.44. The van der Waals surface area contributed by atoms with Crippen LogP contribution >= 0.6 is 0 Å². The summed E-state index contributed by atoms with van der Waals surface area (Å²) in [5.74, 6) is -0.294. The molecule has 0 N–H and O–H groups in total. The van der Waals surface area contributed by atoms with Gasteiger partial charge in [-0.3, -0.25) is 0 Å². The highest BCUT2D eigenvalue weighted by Crippen LogP contribution is 2.65. The molecule has 54 heavy (non-hydrogen) atoms. The van der Waals surface area contributed by atoms with E-state index in [1.54, 1.807) is 0 Å². The van der Waals surface area contributed by atoms with Gasteiger partial charge in [0.15, 0.2) is 0 Å². The number of nitriles is 1. The fourth-order valence-corrected chi connectivity index (χ4v) is 9.44. The van der Waals surface area contributed by atoms with Crippen molar-refractivity contribution < 1.29 is 4.39 Å². The van der Waals surface area contributed by atoms with Crippen molar-refractivity contribution in [3.8, 4) is 17.2 Å². The first-order valence-corrected chi connectivity index (χ1v) is 18.3. The summed E-state index contributed by atoms with van der Waals surface area (Å²) in [7, 11) is 0. The Morgan fingerprint density at radius 3 is 1.35 bits per heavy atom. The monoisotopic (exact) mass is 692 g/mol. The third-order valence-corrected chi connectivity index (χ3v) is 11.5. The van der Waals surface area contributed by atoms with Crippen LogP contribution in [-0.4, -0.2) is 0 Å². The molecule has 2 aliphatic carbocycles. The van der Waals surface area contributed by atoms with Crippen LogP contribution in [0.3, 0.4) is 0 Å². The second-order valence-electron chi connectivity index (χ2n) is 14.1. The minimum Gasteiger partial charge on any atom is -0.310 e. The van der Waals surface area contributed by atoms with E-state index in [1.165, 1.54) is 67.8 Å². The smallest absolute Gasteiger partial charge is 0.123 e. The number of hydrogen-bond acceptors (Lipinski definition) is 2. The molecule has 3 heteroatoms. The highest BCUT2D eigenvalue weighted by atomic mass is 19.1. The van der Waals surface area contributed by atoms with Gasteiger partial charge in [-0.1, -0.05) is 140 Å². The SMILES string of the molecule is N#Cc1ccc(N(c2ccc(F)cc2)c2ccc3c(c2)C2(c4ccccc4-3)c3ccccc3C(c3ccccc3)(c3ccccc3)c3ccccc32)cc1. The van der Waals surface area contributed by atoms with E-state index in [2.05, 4.69) is 163 Å². The zero-order valence-corrected chi connectivity index (χ0v) is 29.3. The minimum atomic E-state index is -0.651. The summed E-state index contributed by atoms with van der Waals surface area (Å²) >= 11 is 0. The van der Waals surface area contributed by atoms with Crippen LogP contribution in [0.25, 0.3) is 11.1 Å². The standard InChI is InChI=1S/C51H33FN2/c52-38-25-29-40(30-26-38)54(39-27-23-35(34-53)24-28-39)41-31-32-43-42-17-7-8-18-44(42)51(49(43)33-41)47-21-11-9-19-45(47)50(36-13-3-1-4-14-36,37-15-5-2-6-16-37)46-20-10-12-22-48(46)51/h1-33H.